The number of rotatable bonds is 6. The Balaban J connectivity index is 2.23. The molecule has 0 saturated heterocycles. The maximum Gasteiger partial charge on any atom is 0.134 e. The van der Waals surface area contributed by atoms with E-state index in [2.05, 4.69) is 17.2 Å². The second kappa shape index (κ2) is 6.62. The molecule has 2 rings (SSSR count). The van der Waals surface area contributed by atoms with Crippen molar-refractivity contribution in [1.29, 1.82) is 0 Å². The lowest BCUT2D eigenvalue weighted by Gasteiger charge is -2.15. The number of nitrogens with one attached hydrogen (secondary N) is 1. The van der Waals surface area contributed by atoms with Crippen LogP contribution in [0.5, 0.6) is 5.75 Å². The van der Waals surface area contributed by atoms with Crippen molar-refractivity contribution in [1.82, 2.24) is 4.98 Å². The van der Waals surface area contributed by atoms with E-state index in [0.717, 1.165) is 35.2 Å². The highest BCUT2D eigenvalue weighted by atomic mass is 35.5. The number of pyridine rings is 1. The smallest absolute Gasteiger partial charge is 0.134 e. The summed E-state index contributed by atoms with van der Waals surface area (Å²) in [4.78, 5) is 4.43. The SMILES string of the molecule is COc1ccc2c(NC(C)CCCCl)nccc2c1. The summed E-state index contributed by atoms with van der Waals surface area (Å²) in [5, 5.41) is 5.68. The van der Waals surface area contributed by atoms with Crippen LogP contribution < -0.4 is 10.1 Å². The molecule has 3 nitrogen and oxygen atoms in total. The van der Waals surface area contributed by atoms with Crippen LogP contribution in [0.3, 0.4) is 0 Å². The molecule has 1 aromatic heterocycles. The van der Waals surface area contributed by atoms with Gasteiger partial charge in [-0.2, -0.15) is 0 Å². The molecule has 0 amide bonds. The molecule has 1 unspecified atom stereocenters. The molecule has 0 aliphatic heterocycles. The van der Waals surface area contributed by atoms with Gasteiger partial charge in [0, 0.05) is 23.5 Å². The molecule has 0 radical (unpaired) electrons. The fourth-order valence-electron chi connectivity index (χ4n) is 2.09. The van der Waals surface area contributed by atoms with E-state index in [4.69, 9.17) is 16.3 Å². The first-order valence-electron chi connectivity index (χ1n) is 6.50. The summed E-state index contributed by atoms with van der Waals surface area (Å²) in [7, 11) is 1.68. The zero-order chi connectivity index (χ0) is 13.7. The molecule has 0 aliphatic rings. The van der Waals surface area contributed by atoms with Gasteiger partial charge in [0.1, 0.15) is 11.6 Å². The largest absolute Gasteiger partial charge is 0.497 e. The molecule has 4 heteroatoms. The zero-order valence-electron chi connectivity index (χ0n) is 11.3. The van der Waals surface area contributed by atoms with Gasteiger partial charge in [0.25, 0.3) is 0 Å². The van der Waals surface area contributed by atoms with E-state index >= 15 is 0 Å². The number of aromatic nitrogens is 1. The molecular weight excluding hydrogens is 260 g/mol. The van der Waals surface area contributed by atoms with Crippen LogP contribution >= 0.6 is 11.6 Å². The van der Waals surface area contributed by atoms with Crippen LogP contribution in [-0.4, -0.2) is 24.0 Å². The molecule has 0 saturated carbocycles. The van der Waals surface area contributed by atoms with Crippen LogP contribution in [0.4, 0.5) is 5.82 Å². The Hall–Kier alpha value is -1.48. The molecule has 19 heavy (non-hydrogen) atoms. The van der Waals surface area contributed by atoms with Gasteiger partial charge in [-0.25, -0.2) is 4.98 Å². The quantitative estimate of drug-likeness (QED) is 0.809. The van der Waals surface area contributed by atoms with E-state index in [9.17, 15) is 0 Å². The lowest BCUT2D eigenvalue weighted by atomic mass is 10.1. The monoisotopic (exact) mass is 278 g/mol. The van der Waals surface area contributed by atoms with Crippen molar-refractivity contribution in [2.24, 2.45) is 0 Å². The molecule has 1 atom stereocenters. The first-order valence-corrected chi connectivity index (χ1v) is 7.03. The molecule has 0 aliphatic carbocycles. The van der Waals surface area contributed by atoms with Gasteiger partial charge in [-0.1, -0.05) is 0 Å². The summed E-state index contributed by atoms with van der Waals surface area (Å²) in [5.41, 5.74) is 0. The number of anilines is 1. The number of nitrogens with zero attached hydrogens (tertiary/aromatic N) is 1. The number of alkyl halides is 1. The van der Waals surface area contributed by atoms with E-state index in [-0.39, 0.29) is 0 Å². The molecule has 1 N–H and O–H groups in total. The predicted molar refractivity (Wildman–Crippen MR) is 81.3 cm³/mol. The average Bonchev–Trinajstić information content (AvgIpc) is 2.44. The number of halogens is 1. The van der Waals surface area contributed by atoms with Crippen molar-refractivity contribution in [3.05, 3.63) is 30.5 Å². The third-order valence-electron chi connectivity index (χ3n) is 3.13. The molecule has 0 fully saturated rings. The number of fused-ring (bicyclic) bond motifs is 1. The predicted octanol–water partition coefficient (Wildman–Crippen LogP) is 4.06. The number of hydrogen-bond acceptors (Lipinski definition) is 3. The normalized spacial score (nSPS) is 12.4. The highest BCUT2D eigenvalue weighted by molar-refractivity contribution is 6.17. The van der Waals surface area contributed by atoms with E-state index in [0.29, 0.717) is 11.9 Å². The Kier molecular flexibility index (Phi) is 4.86. The number of benzene rings is 1. The van der Waals surface area contributed by atoms with Crippen molar-refractivity contribution >= 4 is 28.2 Å². The molecule has 1 aromatic carbocycles. The molecule has 0 spiro atoms. The topological polar surface area (TPSA) is 34.1 Å². The zero-order valence-corrected chi connectivity index (χ0v) is 12.1. The molecule has 0 bridgehead atoms. The first-order chi connectivity index (χ1) is 9.24. The van der Waals surface area contributed by atoms with Crippen molar-refractivity contribution in [2.75, 3.05) is 18.3 Å². The van der Waals surface area contributed by atoms with Crippen LogP contribution in [-0.2, 0) is 0 Å². The van der Waals surface area contributed by atoms with Crippen LogP contribution in [0.2, 0.25) is 0 Å². The summed E-state index contributed by atoms with van der Waals surface area (Å²) in [5.74, 6) is 2.48. The maximum absolute atomic E-state index is 5.72. The second-order valence-corrected chi connectivity index (χ2v) is 5.00. The third kappa shape index (κ3) is 3.51. The van der Waals surface area contributed by atoms with Crippen LogP contribution in [0.15, 0.2) is 30.5 Å². The lowest BCUT2D eigenvalue weighted by Crippen LogP contribution is -2.16. The maximum atomic E-state index is 5.72. The third-order valence-corrected chi connectivity index (χ3v) is 3.39. The van der Waals surface area contributed by atoms with E-state index in [1.165, 1.54) is 0 Å². The minimum absolute atomic E-state index is 0.360. The fraction of sp³-hybridized carbons (Fsp3) is 0.400. The lowest BCUT2D eigenvalue weighted by molar-refractivity contribution is 0.415. The first kappa shape index (κ1) is 13.9. The standard InChI is InChI=1S/C15H19ClN2O/c1-11(4-3-8-16)18-15-14-6-5-13(19-2)10-12(14)7-9-17-15/h5-7,9-11H,3-4,8H2,1-2H3,(H,17,18). The number of hydrogen-bond donors (Lipinski definition) is 1. The minimum atomic E-state index is 0.360. The Bertz CT molecular complexity index is 545. The fourth-order valence-corrected chi connectivity index (χ4v) is 2.24. The Morgan fingerprint density at radius 2 is 2.21 bits per heavy atom. The van der Waals surface area contributed by atoms with Gasteiger partial charge < -0.3 is 10.1 Å². The van der Waals surface area contributed by atoms with Gasteiger partial charge in [0.05, 0.1) is 7.11 Å². The summed E-state index contributed by atoms with van der Waals surface area (Å²) >= 11 is 5.72. The van der Waals surface area contributed by atoms with Crippen molar-refractivity contribution in [3.8, 4) is 5.75 Å². The second-order valence-electron chi connectivity index (χ2n) is 4.62. The van der Waals surface area contributed by atoms with Gasteiger partial charge >= 0.3 is 0 Å². The Morgan fingerprint density at radius 1 is 1.37 bits per heavy atom. The van der Waals surface area contributed by atoms with E-state index in [1.54, 1.807) is 7.11 Å². The highest BCUT2D eigenvalue weighted by Crippen LogP contribution is 2.25. The Morgan fingerprint density at radius 3 is 2.95 bits per heavy atom. The van der Waals surface area contributed by atoms with Crippen LogP contribution in [0.25, 0.3) is 10.8 Å². The molecule has 2 aromatic rings. The summed E-state index contributed by atoms with van der Waals surface area (Å²) in [6.07, 6.45) is 3.87. The van der Waals surface area contributed by atoms with Crippen molar-refractivity contribution < 1.29 is 4.74 Å². The Labute approximate surface area is 118 Å². The van der Waals surface area contributed by atoms with E-state index < -0.39 is 0 Å². The molecule has 1 heterocycles. The van der Waals surface area contributed by atoms with Crippen LogP contribution in [0.1, 0.15) is 19.8 Å². The van der Waals surface area contributed by atoms with Gasteiger partial charge in [0.15, 0.2) is 0 Å². The summed E-state index contributed by atoms with van der Waals surface area (Å²) < 4.78 is 5.24. The van der Waals surface area contributed by atoms with Crippen molar-refractivity contribution in [3.63, 3.8) is 0 Å². The summed E-state index contributed by atoms with van der Waals surface area (Å²) in [6.45, 7) is 2.15. The minimum Gasteiger partial charge on any atom is -0.497 e. The van der Waals surface area contributed by atoms with E-state index in [1.807, 2.05) is 30.5 Å². The number of ether oxygens (including phenoxy) is 1. The van der Waals surface area contributed by atoms with Crippen molar-refractivity contribution in [2.45, 2.75) is 25.8 Å². The van der Waals surface area contributed by atoms with Gasteiger partial charge in [-0.15, -0.1) is 11.6 Å². The van der Waals surface area contributed by atoms with Gasteiger partial charge in [-0.3, -0.25) is 0 Å². The highest BCUT2D eigenvalue weighted by Gasteiger charge is 2.07. The average molecular weight is 279 g/mol. The molecule has 102 valence electrons. The molecular formula is C15H19ClN2O. The number of methoxy groups -OCH3 is 1. The summed E-state index contributed by atoms with van der Waals surface area (Å²) in [6, 6.07) is 8.37. The van der Waals surface area contributed by atoms with Gasteiger partial charge in [-0.05, 0) is 49.4 Å². The van der Waals surface area contributed by atoms with Crippen LogP contribution in [0, 0.1) is 0 Å². The van der Waals surface area contributed by atoms with Gasteiger partial charge in [0.2, 0.25) is 0 Å².